The predicted octanol–water partition coefficient (Wildman–Crippen LogP) is 2.62. The summed E-state index contributed by atoms with van der Waals surface area (Å²) < 4.78 is 4.71. The zero-order chi connectivity index (χ0) is 16.1. The molecule has 0 atom stereocenters. The Hall–Kier alpha value is -1.96. The van der Waals surface area contributed by atoms with Gasteiger partial charge in [0.25, 0.3) is 5.91 Å². The van der Waals surface area contributed by atoms with Crippen molar-refractivity contribution in [2.75, 3.05) is 12.4 Å². The first-order valence-corrected chi connectivity index (χ1v) is 7.59. The van der Waals surface area contributed by atoms with Gasteiger partial charge in [0.1, 0.15) is 4.88 Å². The molecule has 8 heteroatoms. The Balaban J connectivity index is 0.00000264. The maximum Gasteiger partial charge on any atom is 0.350 e. The van der Waals surface area contributed by atoms with E-state index in [1.165, 1.54) is 7.11 Å². The van der Waals surface area contributed by atoms with Crippen molar-refractivity contribution >= 4 is 40.8 Å². The number of nitrogens with one attached hydrogen (secondary N) is 1. The second-order valence-electron chi connectivity index (χ2n) is 4.50. The first-order valence-electron chi connectivity index (χ1n) is 6.77. The van der Waals surface area contributed by atoms with Gasteiger partial charge in [0.05, 0.1) is 12.8 Å². The molecule has 1 heterocycles. The van der Waals surface area contributed by atoms with Crippen LogP contribution in [0.15, 0.2) is 24.3 Å². The van der Waals surface area contributed by atoms with Crippen LogP contribution >= 0.6 is 23.7 Å². The summed E-state index contributed by atoms with van der Waals surface area (Å²) in [6, 6.07) is 7.00. The highest BCUT2D eigenvalue weighted by Crippen LogP contribution is 2.24. The number of nitrogens with zero attached hydrogens (tertiary/aromatic N) is 1. The summed E-state index contributed by atoms with van der Waals surface area (Å²) >= 11 is 1.11. The molecular formula is C15H18ClN3O3S. The quantitative estimate of drug-likeness (QED) is 0.804. The monoisotopic (exact) mass is 355 g/mol. The maximum absolute atomic E-state index is 12.2. The Morgan fingerprint density at radius 1 is 1.30 bits per heavy atom. The maximum atomic E-state index is 12.2. The highest BCUT2D eigenvalue weighted by Gasteiger charge is 2.18. The van der Waals surface area contributed by atoms with Crippen LogP contribution in [0, 0.1) is 0 Å². The molecule has 0 fully saturated rings. The summed E-state index contributed by atoms with van der Waals surface area (Å²) in [4.78, 5) is 28.5. The number of benzene rings is 1. The number of anilines is 1. The molecule has 0 bridgehead atoms. The number of halogens is 1. The summed E-state index contributed by atoms with van der Waals surface area (Å²) in [6.45, 7) is 2.31. The molecule has 0 unspecified atom stereocenters. The van der Waals surface area contributed by atoms with Gasteiger partial charge in [-0.05, 0) is 24.1 Å². The lowest BCUT2D eigenvalue weighted by atomic mass is 10.1. The van der Waals surface area contributed by atoms with Crippen LogP contribution in [0.4, 0.5) is 5.13 Å². The normalized spacial score (nSPS) is 9.87. The molecule has 0 aliphatic carbocycles. The minimum atomic E-state index is -0.442. The average Bonchev–Trinajstić information content (AvgIpc) is 2.97. The van der Waals surface area contributed by atoms with Gasteiger partial charge in [0.2, 0.25) is 0 Å². The SMILES string of the molecule is CCc1nc(NC(=O)c2ccc(CN)cc2)sc1C(=O)OC.Cl. The van der Waals surface area contributed by atoms with Crippen molar-refractivity contribution in [3.05, 3.63) is 46.0 Å². The van der Waals surface area contributed by atoms with E-state index in [1.807, 2.05) is 6.92 Å². The number of amides is 1. The van der Waals surface area contributed by atoms with Crippen LogP contribution in [0.3, 0.4) is 0 Å². The minimum Gasteiger partial charge on any atom is -0.465 e. The van der Waals surface area contributed by atoms with Gasteiger partial charge >= 0.3 is 5.97 Å². The third-order valence-electron chi connectivity index (χ3n) is 3.08. The molecule has 2 aromatic rings. The lowest BCUT2D eigenvalue weighted by Gasteiger charge is -2.02. The Bertz CT molecular complexity index is 686. The molecule has 0 spiro atoms. The molecule has 1 aromatic heterocycles. The van der Waals surface area contributed by atoms with E-state index in [0.29, 0.717) is 34.2 Å². The van der Waals surface area contributed by atoms with Crippen LogP contribution in [0.1, 0.15) is 38.2 Å². The third-order valence-corrected chi connectivity index (χ3v) is 4.07. The number of esters is 1. The van der Waals surface area contributed by atoms with Crippen molar-refractivity contribution in [1.29, 1.82) is 0 Å². The highest BCUT2D eigenvalue weighted by atomic mass is 35.5. The van der Waals surface area contributed by atoms with Crippen LogP contribution in [-0.4, -0.2) is 24.0 Å². The summed E-state index contributed by atoms with van der Waals surface area (Å²) in [5.74, 6) is -0.724. The van der Waals surface area contributed by atoms with Crippen molar-refractivity contribution in [2.24, 2.45) is 5.73 Å². The van der Waals surface area contributed by atoms with Gasteiger partial charge in [-0.25, -0.2) is 9.78 Å². The first-order chi connectivity index (χ1) is 10.6. The number of nitrogens with two attached hydrogens (primary N) is 1. The summed E-state index contributed by atoms with van der Waals surface area (Å²) in [6.07, 6.45) is 0.585. The number of hydrogen-bond donors (Lipinski definition) is 2. The van der Waals surface area contributed by atoms with Crippen molar-refractivity contribution in [3.63, 3.8) is 0 Å². The second kappa shape index (κ2) is 8.61. The van der Waals surface area contributed by atoms with Gasteiger partial charge in [-0.15, -0.1) is 12.4 Å². The van der Waals surface area contributed by atoms with Crippen molar-refractivity contribution in [3.8, 4) is 0 Å². The van der Waals surface area contributed by atoms with E-state index >= 15 is 0 Å². The fourth-order valence-electron chi connectivity index (χ4n) is 1.86. The van der Waals surface area contributed by atoms with E-state index in [4.69, 9.17) is 10.5 Å². The van der Waals surface area contributed by atoms with Crippen LogP contribution in [0.25, 0.3) is 0 Å². The van der Waals surface area contributed by atoms with Crippen molar-refractivity contribution in [2.45, 2.75) is 19.9 Å². The molecule has 0 aliphatic rings. The lowest BCUT2D eigenvalue weighted by molar-refractivity contribution is 0.0604. The molecule has 23 heavy (non-hydrogen) atoms. The van der Waals surface area contributed by atoms with Gasteiger partial charge < -0.3 is 10.5 Å². The standard InChI is InChI=1S/C15H17N3O3S.ClH/c1-3-11-12(14(20)21-2)22-15(17-11)18-13(19)10-6-4-9(8-16)5-7-10;/h4-7H,3,8,16H2,1-2H3,(H,17,18,19);1H. The number of carbonyl (C=O) groups excluding carboxylic acids is 2. The molecule has 0 aliphatic heterocycles. The van der Waals surface area contributed by atoms with E-state index < -0.39 is 5.97 Å². The summed E-state index contributed by atoms with van der Waals surface area (Å²) in [7, 11) is 1.32. The lowest BCUT2D eigenvalue weighted by Crippen LogP contribution is -2.11. The number of aromatic nitrogens is 1. The van der Waals surface area contributed by atoms with E-state index in [9.17, 15) is 9.59 Å². The van der Waals surface area contributed by atoms with Crippen LogP contribution in [0.2, 0.25) is 0 Å². The summed E-state index contributed by atoms with van der Waals surface area (Å²) in [5.41, 5.74) is 7.60. The first kappa shape index (κ1) is 19.1. The van der Waals surface area contributed by atoms with Crippen LogP contribution < -0.4 is 11.1 Å². The van der Waals surface area contributed by atoms with E-state index in [0.717, 1.165) is 16.9 Å². The number of rotatable bonds is 5. The molecule has 124 valence electrons. The van der Waals surface area contributed by atoms with Crippen molar-refractivity contribution < 1.29 is 14.3 Å². The topological polar surface area (TPSA) is 94.3 Å². The summed E-state index contributed by atoms with van der Waals surface area (Å²) in [5, 5.41) is 3.08. The van der Waals surface area contributed by atoms with Crippen LogP contribution in [-0.2, 0) is 17.7 Å². The zero-order valence-corrected chi connectivity index (χ0v) is 14.4. The average molecular weight is 356 g/mol. The van der Waals surface area contributed by atoms with E-state index in [2.05, 4.69) is 10.3 Å². The number of methoxy groups -OCH3 is 1. The molecule has 0 saturated heterocycles. The van der Waals surface area contributed by atoms with Gasteiger partial charge in [0, 0.05) is 12.1 Å². The van der Waals surface area contributed by atoms with Gasteiger partial charge in [0.15, 0.2) is 5.13 Å². The second-order valence-corrected chi connectivity index (χ2v) is 5.49. The van der Waals surface area contributed by atoms with Gasteiger partial charge in [-0.2, -0.15) is 0 Å². The molecule has 1 amide bonds. The molecule has 6 nitrogen and oxygen atoms in total. The smallest absolute Gasteiger partial charge is 0.350 e. The molecule has 0 radical (unpaired) electrons. The predicted molar refractivity (Wildman–Crippen MR) is 92.4 cm³/mol. The minimum absolute atomic E-state index is 0. The van der Waals surface area contributed by atoms with E-state index in [1.54, 1.807) is 24.3 Å². The van der Waals surface area contributed by atoms with Gasteiger partial charge in [-0.3, -0.25) is 10.1 Å². The molecular weight excluding hydrogens is 338 g/mol. The number of thiazole rings is 1. The fourth-order valence-corrected chi connectivity index (χ4v) is 2.83. The van der Waals surface area contributed by atoms with Gasteiger partial charge in [-0.1, -0.05) is 30.4 Å². The molecule has 0 saturated carbocycles. The third kappa shape index (κ3) is 4.51. The Morgan fingerprint density at radius 3 is 2.48 bits per heavy atom. The molecule has 1 aromatic carbocycles. The number of aryl methyl sites for hydroxylation is 1. The van der Waals surface area contributed by atoms with Crippen LogP contribution in [0.5, 0.6) is 0 Å². The zero-order valence-electron chi connectivity index (χ0n) is 12.8. The molecule has 3 N–H and O–H groups in total. The largest absolute Gasteiger partial charge is 0.465 e. The number of hydrogen-bond acceptors (Lipinski definition) is 6. The Labute approximate surface area is 144 Å². The molecule has 2 rings (SSSR count). The van der Waals surface area contributed by atoms with Crippen molar-refractivity contribution in [1.82, 2.24) is 4.98 Å². The van der Waals surface area contributed by atoms with E-state index in [-0.39, 0.29) is 18.3 Å². The fraction of sp³-hybridized carbons (Fsp3) is 0.267. The number of ether oxygens (including phenoxy) is 1. The highest BCUT2D eigenvalue weighted by molar-refractivity contribution is 7.17. The number of carbonyl (C=O) groups is 2. The Morgan fingerprint density at radius 2 is 1.96 bits per heavy atom. The Kier molecular flexibility index (Phi) is 7.15.